The first-order valence-electron chi connectivity index (χ1n) is 9.93. The van der Waals surface area contributed by atoms with Crippen LogP contribution >= 0.6 is 0 Å². The SMILES string of the molecule is CCOC(=O)c1ccc(N2NC(=O)C(=Cc3ccc(OC(C)=O)c(OCC)c3)C2=O)cc1. The highest BCUT2D eigenvalue weighted by molar-refractivity contribution is 6.31. The van der Waals surface area contributed by atoms with Gasteiger partial charge >= 0.3 is 11.9 Å². The van der Waals surface area contributed by atoms with Gasteiger partial charge in [-0.05, 0) is 61.9 Å². The fraction of sp³-hybridized carbons (Fsp3) is 0.217. The van der Waals surface area contributed by atoms with Crippen LogP contribution in [0.2, 0.25) is 0 Å². The van der Waals surface area contributed by atoms with Crippen molar-refractivity contribution >= 4 is 35.5 Å². The molecule has 3 rings (SSSR count). The fourth-order valence-corrected chi connectivity index (χ4v) is 2.99. The van der Waals surface area contributed by atoms with E-state index in [0.717, 1.165) is 5.01 Å². The minimum absolute atomic E-state index is 0.0813. The summed E-state index contributed by atoms with van der Waals surface area (Å²) in [6.45, 7) is 5.36. The van der Waals surface area contributed by atoms with E-state index >= 15 is 0 Å². The van der Waals surface area contributed by atoms with Gasteiger partial charge in [-0.25, -0.2) is 9.80 Å². The number of ether oxygens (including phenoxy) is 3. The quantitative estimate of drug-likeness (QED) is 0.306. The molecule has 1 aliphatic rings. The number of nitrogens with one attached hydrogen (secondary N) is 1. The Bertz CT molecular complexity index is 1090. The lowest BCUT2D eigenvalue weighted by Crippen LogP contribution is -2.35. The Morgan fingerprint density at radius 1 is 1.00 bits per heavy atom. The summed E-state index contributed by atoms with van der Waals surface area (Å²) < 4.78 is 15.5. The van der Waals surface area contributed by atoms with Crippen LogP contribution < -0.4 is 19.9 Å². The maximum atomic E-state index is 12.8. The highest BCUT2D eigenvalue weighted by Gasteiger charge is 2.34. The van der Waals surface area contributed by atoms with Gasteiger partial charge in [-0.15, -0.1) is 0 Å². The third-order valence-corrected chi connectivity index (χ3v) is 4.36. The van der Waals surface area contributed by atoms with Gasteiger partial charge in [0.1, 0.15) is 5.57 Å². The number of benzene rings is 2. The normalized spacial score (nSPS) is 14.3. The molecule has 1 aliphatic heterocycles. The minimum Gasteiger partial charge on any atom is -0.490 e. The maximum Gasteiger partial charge on any atom is 0.338 e. The molecule has 0 radical (unpaired) electrons. The van der Waals surface area contributed by atoms with Crippen molar-refractivity contribution < 1.29 is 33.4 Å². The number of anilines is 1. The van der Waals surface area contributed by atoms with Gasteiger partial charge in [0.15, 0.2) is 11.5 Å². The summed E-state index contributed by atoms with van der Waals surface area (Å²) in [5, 5.41) is 1.10. The van der Waals surface area contributed by atoms with Crippen molar-refractivity contribution in [3.8, 4) is 11.5 Å². The van der Waals surface area contributed by atoms with Gasteiger partial charge in [0.2, 0.25) is 0 Å². The van der Waals surface area contributed by atoms with Crippen LogP contribution in [-0.2, 0) is 19.1 Å². The molecule has 1 fully saturated rings. The van der Waals surface area contributed by atoms with Crippen molar-refractivity contribution in [2.24, 2.45) is 0 Å². The highest BCUT2D eigenvalue weighted by Crippen LogP contribution is 2.30. The Labute approximate surface area is 184 Å². The van der Waals surface area contributed by atoms with Crippen molar-refractivity contribution in [2.75, 3.05) is 18.2 Å². The van der Waals surface area contributed by atoms with E-state index in [2.05, 4.69) is 5.43 Å². The lowest BCUT2D eigenvalue weighted by molar-refractivity contribution is -0.132. The summed E-state index contributed by atoms with van der Waals surface area (Å²) in [5.41, 5.74) is 3.66. The Morgan fingerprint density at radius 3 is 2.34 bits per heavy atom. The van der Waals surface area contributed by atoms with E-state index in [0.29, 0.717) is 29.2 Å². The first-order chi connectivity index (χ1) is 15.3. The van der Waals surface area contributed by atoms with Gasteiger partial charge in [0.05, 0.1) is 24.5 Å². The molecule has 9 nitrogen and oxygen atoms in total. The smallest absolute Gasteiger partial charge is 0.338 e. The average molecular weight is 438 g/mol. The van der Waals surface area contributed by atoms with Crippen molar-refractivity contribution in [1.29, 1.82) is 0 Å². The second-order valence-corrected chi connectivity index (χ2v) is 6.64. The molecule has 0 bridgehead atoms. The Kier molecular flexibility index (Phi) is 6.89. The average Bonchev–Trinajstić information content (AvgIpc) is 3.04. The predicted octanol–water partition coefficient (Wildman–Crippen LogP) is 2.65. The zero-order valence-corrected chi connectivity index (χ0v) is 17.8. The topological polar surface area (TPSA) is 111 Å². The molecular formula is C23H22N2O7. The number of esters is 2. The zero-order chi connectivity index (χ0) is 23.3. The van der Waals surface area contributed by atoms with Gasteiger partial charge in [0.25, 0.3) is 11.8 Å². The fourth-order valence-electron chi connectivity index (χ4n) is 2.99. The predicted molar refractivity (Wildman–Crippen MR) is 115 cm³/mol. The first kappa shape index (κ1) is 22.5. The van der Waals surface area contributed by atoms with Crippen LogP contribution in [0.4, 0.5) is 5.69 Å². The van der Waals surface area contributed by atoms with Gasteiger partial charge in [-0.2, -0.15) is 0 Å². The number of rotatable bonds is 7. The highest BCUT2D eigenvalue weighted by atomic mass is 16.6. The number of carbonyl (C=O) groups excluding carboxylic acids is 4. The number of nitrogens with zero attached hydrogens (tertiary/aromatic N) is 1. The number of amides is 2. The van der Waals surface area contributed by atoms with E-state index in [1.54, 1.807) is 26.0 Å². The molecule has 166 valence electrons. The number of hydrazine groups is 1. The van der Waals surface area contributed by atoms with Gasteiger partial charge in [-0.3, -0.25) is 19.8 Å². The molecule has 0 spiro atoms. The van der Waals surface area contributed by atoms with Crippen LogP contribution in [0, 0.1) is 0 Å². The molecule has 2 aromatic rings. The van der Waals surface area contributed by atoms with E-state index in [1.807, 2.05) is 0 Å². The monoisotopic (exact) mass is 438 g/mol. The van der Waals surface area contributed by atoms with E-state index in [4.69, 9.17) is 14.2 Å². The summed E-state index contributed by atoms with van der Waals surface area (Å²) in [5.74, 6) is -1.54. The zero-order valence-electron chi connectivity index (χ0n) is 17.8. The molecule has 1 N–H and O–H groups in total. The first-order valence-corrected chi connectivity index (χ1v) is 9.93. The van der Waals surface area contributed by atoms with Crippen molar-refractivity contribution in [3.63, 3.8) is 0 Å². The summed E-state index contributed by atoms with van der Waals surface area (Å²) in [4.78, 5) is 48.3. The number of hydrogen-bond donors (Lipinski definition) is 1. The van der Waals surface area contributed by atoms with Gasteiger partial charge in [-0.1, -0.05) is 6.07 Å². The molecule has 9 heteroatoms. The molecule has 2 aromatic carbocycles. The lowest BCUT2D eigenvalue weighted by atomic mass is 10.1. The molecule has 1 heterocycles. The van der Waals surface area contributed by atoms with E-state index in [-0.39, 0.29) is 17.9 Å². The van der Waals surface area contributed by atoms with Gasteiger partial charge in [0, 0.05) is 6.92 Å². The number of carbonyl (C=O) groups is 4. The summed E-state index contributed by atoms with van der Waals surface area (Å²) in [7, 11) is 0. The molecular weight excluding hydrogens is 416 g/mol. The number of hydrogen-bond acceptors (Lipinski definition) is 7. The Hall–Kier alpha value is -4.14. The van der Waals surface area contributed by atoms with Crippen LogP contribution in [0.15, 0.2) is 48.0 Å². The second kappa shape index (κ2) is 9.78. The van der Waals surface area contributed by atoms with Crippen LogP contribution in [0.5, 0.6) is 11.5 Å². The van der Waals surface area contributed by atoms with Crippen LogP contribution in [0.1, 0.15) is 36.7 Å². The standard InChI is InChI=1S/C23H22N2O7/c1-4-30-20-13-15(6-11-19(20)32-14(3)26)12-18-21(27)24-25(22(18)28)17-9-7-16(8-10-17)23(29)31-5-2/h6-13H,4-5H2,1-3H3,(H,24,27). The third-order valence-electron chi connectivity index (χ3n) is 4.36. The Morgan fingerprint density at radius 2 is 1.72 bits per heavy atom. The molecule has 0 atom stereocenters. The molecule has 0 unspecified atom stereocenters. The Balaban J connectivity index is 1.85. The minimum atomic E-state index is -0.577. The van der Waals surface area contributed by atoms with E-state index in [1.165, 1.54) is 43.3 Å². The molecule has 32 heavy (non-hydrogen) atoms. The largest absolute Gasteiger partial charge is 0.490 e. The van der Waals surface area contributed by atoms with Crippen LogP contribution in [0.3, 0.4) is 0 Å². The molecule has 0 saturated carbocycles. The maximum absolute atomic E-state index is 12.8. The summed E-state index contributed by atoms with van der Waals surface area (Å²) in [6, 6.07) is 10.8. The summed E-state index contributed by atoms with van der Waals surface area (Å²) >= 11 is 0. The van der Waals surface area contributed by atoms with Crippen LogP contribution in [-0.4, -0.2) is 37.0 Å². The van der Waals surface area contributed by atoms with Gasteiger partial charge < -0.3 is 14.2 Å². The molecule has 0 aliphatic carbocycles. The lowest BCUT2D eigenvalue weighted by Gasteiger charge is -2.14. The van der Waals surface area contributed by atoms with Crippen LogP contribution in [0.25, 0.3) is 6.08 Å². The molecule has 1 saturated heterocycles. The van der Waals surface area contributed by atoms with E-state index < -0.39 is 23.8 Å². The third kappa shape index (κ3) is 4.94. The molecule has 0 aromatic heterocycles. The second-order valence-electron chi connectivity index (χ2n) is 6.64. The molecule has 2 amide bonds. The van der Waals surface area contributed by atoms with Crippen molar-refractivity contribution in [2.45, 2.75) is 20.8 Å². The van der Waals surface area contributed by atoms with E-state index in [9.17, 15) is 19.2 Å². The van der Waals surface area contributed by atoms with Crippen molar-refractivity contribution in [1.82, 2.24) is 5.43 Å². The summed E-state index contributed by atoms with van der Waals surface area (Å²) in [6.07, 6.45) is 1.42. The van der Waals surface area contributed by atoms with Crippen molar-refractivity contribution in [3.05, 3.63) is 59.2 Å².